The lowest BCUT2D eigenvalue weighted by Crippen LogP contribution is -2.34. The molecule has 2 aromatic heterocycles. The Labute approximate surface area is 192 Å². The van der Waals surface area contributed by atoms with Gasteiger partial charge in [-0.05, 0) is 45.5 Å². The molecule has 0 radical (unpaired) electrons. The molecule has 0 spiro atoms. The number of nitrogens with one attached hydrogen (secondary N) is 1. The van der Waals surface area contributed by atoms with Gasteiger partial charge >= 0.3 is 0 Å². The van der Waals surface area contributed by atoms with E-state index in [9.17, 15) is 5.11 Å². The van der Waals surface area contributed by atoms with Gasteiger partial charge in [-0.2, -0.15) is 0 Å². The van der Waals surface area contributed by atoms with Gasteiger partial charge < -0.3 is 20.7 Å². The zero-order chi connectivity index (χ0) is 21.3. The third-order valence-electron chi connectivity index (χ3n) is 4.68. The number of fused-ring (bicyclic) bond motifs is 2. The van der Waals surface area contributed by atoms with Crippen molar-refractivity contribution >= 4 is 62.1 Å². The Kier molecular flexibility index (Phi) is 6.42. The average molecular weight is 534 g/mol. The number of aliphatic hydroxyl groups is 1. The van der Waals surface area contributed by atoms with E-state index >= 15 is 0 Å². The number of aliphatic hydroxyl groups excluding tert-OH is 1. The van der Waals surface area contributed by atoms with Crippen LogP contribution in [0.5, 0.6) is 0 Å². The number of imidazole rings is 1. The summed E-state index contributed by atoms with van der Waals surface area (Å²) in [6.45, 7) is 4.95. The zero-order valence-electron chi connectivity index (χ0n) is 16.7. The topological polar surface area (TPSA) is 102 Å². The Morgan fingerprint density at radius 3 is 2.67 bits per heavy atom. The molecule has 4 aromatic rings. The Hall–Kier alpha value is -1.95. The second-order valence-electron chi connectivity index (χ2n) is 7.38. The molecule has 0 fully saturated rings. The monoisotopic (exact) mass is 534 g/mol. The lowest BCUT2D eigenvalue weighted by Gasteiger charge is -2.16. The number of benzene rings is 2. The molecule has 4 N–H and O–H groups in total. The maximum absolute atomic E-state index is 10.6. The molecule has 7 nitrogen and oxygen atoms in total. The first-order valence-corrected chi connectivity index (χ1v) is 11.6. The molecule has 30 heavy (non-hydrogen) atoms. The van der Waals surface area contributed by atoms with Crippen molar-refractivity contribution in [2.75, 3.05) is 12.3 Å². The fraction of sp³-hybridized carbons (Fsp3) is 0.286. The number of hydrogen-bond donors (Lipinski definition) is 3. The predicted molar refractivity (Wildman–Crippen MR) is 130 cm³/mol. The van der Waals surface area contributed by atoms with Gasteiger partial charge in [0, 0.05) is 21.1 Å². The molecule has 0 saturated heterocycles. The summed E-state index contributed by atoms with van der Waals surface area (Å²) in [6.07, 6.45) is 0.846. The molecule has 156 valence electrons. The predicted octanol–water partition coefficient (Wildman–Crippen LogP) is 3.68. The van der Waals surface area contributed by atoms with Crippen LogP contribution in [0.15, 0.2) is 52.8 Å². The van der Waals surface area contributed by atoms with Gasteiger partial charge in [-0.3, -0.25) is 0 Å². The summed E-state index contributed by atoms with van der Waals surface area (Å²) in [5.41, 5.74) is 7.24. The van der Waals surface area contributed by atoms with Crippen LogP contribution in [-0.4, -0.2) is 43.3 Å². The molecular weight excluding hydrogens is 511 g/mol. The van der Waals surface area contributed by atoms with Crippen molar-refractivity contribution in [1.82, 2.24) is 24.8 Å². The molecule has 1 atom stereocenters. The highest BCUT2D eigenvalue weighted by atomic mass is 127. The van der Waals surface area contributed by atoms with Gasteiger partial charge in [-0.15, -0.1) is 0 Å². The highest BCUT2D eigenvalue weighted by molar-refractivity contribution is 14.1. The maximum atomic E-state index is 10.6. The lowest BCUT2D eigenvalue weighted by atomic mass is 10.1. The van der Waals surface area contributed by atoms with E-state index in [4.69, 9.17) is 10.7 Å². The molecule has 0 aliphatic heterocycles. The minimum absolute atomic E-state index is 0.296. The average Bonchev–Trinajstić information content (AvgIpc) is 3.05. The van der Waals surface area contributed by atoms with Crippen LogP contribution in [0.2, 0.25) is 0 Å². The van der Waals surface area contributed by atoms with Gasteiger partial charge in [0.25, 0.3) is 0 Å². The fourth-order valence-electron chi connectivity index (χ4n) is 3.19. The molecule has 4 rings (SSSR count). The molecule has 0 aliphatic rings. The van der Waals surface area contributed by atoms with E-state index in [0.717, 1.165) is 13.6 Å². The number of rotatable bonds is 7. The van der Waals surface area contributed by atoms with Crippen LogP contribution in [-0.2, 0) is 6.54 Å². The molecule has 0 bridgehead atoms. The van der Waals surface area contributed by atoms with E-state index in [1.165, 1.54) is 17.1 Å². The van der Waals surface area contributed by atoms with Crippen LogP contribution in [0, 0.1) is 3.57 Å². The highest BCUT2D eigenvalue weighted by Crippen LogP contribution is 2.35. The van der Waals surface area contributed by atoms with Gasteiger partial charge in [-0.25, -0.2) is 15.0 Å². The Balaban J connectivity index is 1.73. The number of nitrogens with two attached hydrogens (primary N) is 1. The summed E-state index contributed by atoms with van der Waals surface area (Å²) in [4.78, 5) is 14.3. The van der Waals surface area contributed by atoms with E-state index in [1.807, 2.05) is 16.7 Å². The Morgan fingerprint density at radius 2 is 1.93 bits per heavy atom. The van der Waals surface area contributed by atoms with E-state index < -0.39 is 6.10 Å². The number of hydrogen-bond acceptors (Lipinski definition) is 7. The molecular formula is C21H23IN6OS. The fourth-order valence-corrected chi connectivity index (χ4v) is 4.96. The van der Waals surface area contributed by atoms with Crippen molar-refractivity contribution in [1.29, 1.82) is 0 Å². The third kappa shape index (κ3) is 4.53. The number of nitrogens with zero attached hydrogens (tertiary/aromatic N) is 4. The van der Waals surface area contributed by atoms with E-state index in [0.29, 0.717) is 36.1 Å². The number of nitrogen functional groups attached to an aromatic ring is 1. The van der Waals surface area contributed by atoms with Gasteiger partial charge in [0.1, 0.15) is 6.33 Å². The largest absolute Gasteiger partial charge is 0.390 e. The minimum Gasteiger partial charge on any atom is -0.390 e. The van der Waals surface area contributed by atoms with Crippen LogP contribution in [0.25, 0.3) is 21.9 Å². The minimum atomic E-state index is -0.587. The summed E-state index contributed by atoms with van der Waals surface area (Å²) in [6, 6.07) is 12.9. The summed E-state index contributed by atoms with van der Waals surface area (Å²) in [5.74, 6) is 0.337. The van der Waals surface area contributed by atoms with Crippen LogP contribution < -0.4 is 11.1 Å². The van der Waals surface area contributed by atoms with Crippen LogP contribution in [0.1, 0.15) is 13.8 Å². The molecule has 9 heteroatoms. The summed E-state index contributed by atoms with van der Waals surface area (Å²) in [5, 5.41) is 17.0. The van der Waals surface area contributed by atoms with Crippen molar-refractivity contribution < 1.29 is 5.11 Å². The molecule has 0 saturated carbocycles. The highest BCUT2D eigenvalue weighted by Gasteiger charge is 2.19. The standard InChI is InChI=1S/C21H23IN6OS/c1-12(2)24-9-15(29)10-28-20-18(19(23)25-11-26-20)27-21(28)30-17-8-14-6-4-3-5-13(14)7-16(17)22/h3-8,11-12,15,24,29H,9-10H2,1-2H3,(H2,23,25,26). The quantitative estimate of drug-likeness (QED) is 0.311. The first kappa shape index (κ1) is 21.3. The summed E-state index contributed by atoms with van der Waals surface area (Å²) >= 11 is 3.89. The van der Waals surface area contributed by atoms with Crippen molar-refractivity contribution in [2.24, 2.45) is 0 Å². The van der Waals surface area contributed by atoms with Crippen LogP contribution in [0.4, 0.5) is 5.82 Å². The summed E-state index contributed by atoms with van der Waals surface area (Å²) in [7, 11) is 0. The second kappa shape index (κ2) is 9.04. The molecule has 0 amide bonds. The van der Waals surface area contributed by atoms with Gasteiger partial charge in [0.05, 0.1) is 12.6 Å². The van der Waals surface area contributed by atoms with Crippen molar-refractivity contribution in [2.45, 2.75) is 42.6 Å². The molecule has 2 aromatic carbocycles. The van der Waals surface area contributed by atoms with Crippen LogP contribution >= 0.6 is 34.4 Å². The molecule has 1 unspecified atom stereocenters. The van der Waals surface area contributed by atoms with E-state index in [2.05, 4.69) is 76.0 Å². The zero-order valence-corrected chi connectivity index (χ0v) is 19.7. The van der Waals surface area contributed by atoms with Crippen LogP contribution in [0.3, 0.4) is 0 Å². The van der Waals surface area contributed by atoms with Crippen molar-refractivity contribution in [3.8, 4) is 0 Å². The first-order valence-electron chi connectivity index (χ1n) is 9.66. The number of halogens is 1. The summed E-state index contributed by atoms with van der Waals surface area (Å²) < 4.78 is 3.06. The Bertz CT molecular complexity index is 1200. The second-order valence-corrected chi connectivity index (χ2v) is 9.56. The normalized spacial score (nSPS) is 12.8. The third-order valence-corrected chi connectivity index (χ3v) is 6.99. The van der Waals surface area contributed by atoms with E-state index in [1.54, 1.807) is 11.8 Å². The van der Waals surface area contributed by atoms with Crippen molar-refractivity contribution in [3.63, 3.8) is 0 Å². The van der Waals surface area contributed by atoms with Gasteiger partial charge in [0.15, 0.2) is 22.1 Å². The molecule has 2 heterocycles. The maximum Gasteiger partial charge on any atom is 0.175 e. The van der Waals surface area contributed by atoms with Crippen molar-refractivity contribution in [3.05, 3.63) is 46.3 Å². The van der Waals surface area contributed by atoms with E-state index in [-0.39, 0.29) is 0 Å². The van der Waals surface area contributed by atoms with Gasteiger partial charge in [0.2, 0.25) is 0 Å². The molecule has 0 aliphatic carbocycles. The number of aromatic nitrogens is 4. The number of anilines is 1. The van der Waals surface area contributed by atoms with Gasteiger partial charge in [-0.1, -0.05) is 49.9 Å². The smallest absolute Gasteiger partial charge is 0.175 e. The SMILES string of the molecule is CC(C)NCC(O)Cn1c(Sc2cc3ccccc3cc2I)nc2c(N)ncnc21. The first-order chi connectivity index (χ1) is 14.4. The lowest BCUT2D eigenvalue weighted by molar-refractivity contribution is 0.147. The Morgan fingerprint density at radius 1 is 1.20 bits per heavy atom.